The highest BCUT2D eigenvalue weighted by Crippen LogP contribution is 2.09. The molecule has 2 amide bonds. The normalized spacial score (nSPS) is 15.0. The number of hydrogen-bond acceptors (Lipinski definition) is 9. The smallest absolute Gasteiger partial charge is 0.245 e. The maximum atomic E-state index is 12.0. The average molecular weight is 366 g/mol. The second kappa shape index (κ2) is 8.60. The number of rotatable bonds is 7. The van der Waals surface area contributed by atoms with Crippen LogP contribution in [0.25, 0.3) is 0 Å². The summed E-state index contributed by atoms with van der Waals surface area (Å²) in [6, 6.07) is 0. The minimum Gasteiger partial charge on any atom is -0.379 e. The number of carbonyl (C=O) groups excluding carboxylic acids is 2. The van der Waals surface area contributed by atoms with E-state index in [1.165, 1.54) is 16.0 Å². The SMILES string of the molecule is O=C(Cn1nnnc1CN1CCOCC1)NCC(=O)Nc1nccs1. The number of thiazole rings is 1. The highest BCUT2D eigenvalue weighted by Gasteiger charge is 2.17. The van der Waals surface area contributed by atoms with Gasteiger partial charge in [-0.25, -0.2) is 9.67 Å². The number of anilines is 1. The zero-order chi connectivity index (χ0) is 17.5. The summed E-state index contributed by atoms with van der Waals surface area (Å²) in [6.45, 7) is 3.32. The van der Waals surface area contributed by atoms with E-state index < -0.39 is 0 Å². The van der Waals surface area contributed by atoms with Crippen LogP contribution < -0.4 is 10.6 Å². The van der Waals surface area contributed by atoms with Crippen molar-refractivity contribution in [3.63, 3.8) is 0 Å². The molecular weight excluding hydrogens is 348 g/mol. The minimum absolute atomic E-state index is 0.0444. The Morgan fingerprint density at radius 1 is 1.28 bits per heavy atom. The van der Waals surface area contributed by atoms with Crippen LogP contribution in [0.2, 0.25) is 0 Å². The summed E-state index contributed by atoms with van der Waals surface area (Å²) in [5.74, 6) is -0.0809. The Morgan fingerprint density at radius 3 is 2.88 bits per heavy atom. The van der Waals surface area contributed by atoms with Crippen LogP contribution in [-0.2, 0) is 27.4 Å². The summed E-state index contributed by atoms with van der Waals surface area (Å²) in [5.41, 5.74) is 0. The first kappa shape index (κ1) is 17.4. The molecule has 0 spiro atoms. The van der Waals surface area contributed by atoms with Crippen molar-refractivity contribution in [2.24, 2.45) is 0 Å². The lowest BCUT2D eigenvalue weighted by Crippen LogP contribution is -2.38. The predicted molar refractivity (Wildman–Crippen MR) is 87.7 cm³/mol. The molecule has 0 atom stereocenters. The number of nitrogens with zero attached hydrogens (tertiary/aromatic N) is 6. The van der Waals surface area contributed by atoms with Gasteiger partial charge in [0.1, 0.15) is 6.54 Å². The fraction of sp³-hybridized carbons (Fsp3) is 0.538. The number of hydrogen-bond donors (Lipinski definition) is 2. The van der Waals surface area contributed by atoms with Gasteiger partial charge in [-0.1, -0.05) is 0 Å². The topological polar surface area (TPSA) is 127 Å². The molecule has 0 saturated carbocycles. The van der Waals surface area contributed by atoms with E-state index in [4.69, 9.17) is 4.74 Å². The maximum Gasteiger partial charge on any atom is 0.245 e. The van der Waals surface area contributed by atoms with Gasteiger partial charge in [-0.05, 0) is 10.4 Å². The maximum absolute atomic E-state index is 12.0. The van der Waals surface area contributed by atoms with E-state index in [0.29, 0.717) is 30.7 Å². The number of amides is 2. The fourth-order valence-corrected chi connectivity index (χ4v) is 2.78. The quantitative estimate of drug-likeness (QED) is 0.620. The van der Waals surface area contributed by atoms with Crippen LogP contribution in [0.1, 0.15) is 5.82 Å². The first-order valence-electron chi connectivity index (χ1n) is 7.72. The summed E-state index contributed by atoms with van der Waals surface area (Å²) in [4.78, 5) is 29.8. The Kier molecular flexibility index (Phi) is 5.98. The third-order valence-corrected chi connectivity index (χ3v) is 4.18. The van der Waals surface area contributed by atoms with Crippen molar-refractivity contribution in [3.05, 3.63) is 17.4 Å². The van der Waals surface area contributed by atoms with Crippen molar-refractivity contribution in [2.75, 3.05) is 38.2 Å². The molecule has 1 aliphatic rings. The molecule has 2 N–H and O–H groups in total. The Labute approximate surface area is 147 Å². The Balaban J connectivity index is 1.44. The zero-order valence-electron chi connectivity index (χ0n) is 13.4. The molecule has 0 aromatic carbocycles. The van der Waals surface area contributed by atoms with Crippen molar-refractivity contribution in [2.45, 2.75) is 13.1 Å². The predicted octanol–water partition coefficient (Wildman–Crippen LogP) is -1.28. The largest absolute Gasteiger partial charge is 0.379 e. The summed E-state index contributed by atoms with van der Waals surface area (Å²) in [6.07, 6.45) is 1.59. The van der Waals surface area contributed by atoms with Gasteiger partial charge in [0, 0.05) is 24.7 Å². The second-order valence-electron chi connectivity index (χ2n) is 5.30. The van der Waals surface area contributed by atoms with Crippen LogP contribution in [0.3, 0.4) is 0 Å². The number of tetrazole rings is 1. The summed E-state index contributed by atoms with van der Waals surface area (Å²) in [7, 11) is 0. The highest BCUT2D eigenvalue weighted by molar-refractivity contribution is 7.13. The van der Waals surface area contributed by atoms with E-state index >= 15 is 0 Å². The lowest BCUT2D eigenvalue weighted by atomic mass is 10.4. The highest BCUT2D eigenvalue weighted by atomic mass is 32.1. The van der Waals surface area contributed by atoms with Gasteiger partial charge < -0.3 is 15.4 Å². The van der Waals surface area contributed by atoms with Gasteiger partial charge in [-0.3, -0.25) is 14.5 Å². The van der Waals surface area contributed by atoms with Gasteiger partial charge in [-0.15, -0.1) is 16.4 Å². The van der Waals surface area contributed by atoms with Crippen LogP contribution >= 0.6 is 11.3 Å². The van der Waals surface area contributed by atoms with E-state index in [-0.39, 0.29) is 24.9 Å². The van der Waals surface area contributed by atoms with Gasteiger partial charge in [0.15, 0.2) is 11.0 Å². The number of nitrogens with one attached hydrogen (secondary N) is 2. The molecule has 0 radical (unpaired) electrons. The summed E-state index contributed by atoms with van der Waals surface area (Å²) in [5, 5.41) is 18.8. The average Bonchev–Trinajstić information content (AvgIpc) is 3.27. The van der Waals surface area contributed by atoms with Crippen molar-refractivity contribution in [1.82, 2.24) is 35.4 Å². The number of morpholine rings is 1. The van der Waals surface area contributed by atoms with Crippen LogP contribution in [0.4, 0.5) is 5.13 Å². The van der Waals surface area contributed by atoms with E-state index in [0.717, 1.165) is 13.1 Å². The van der Waals surface area contributed by atoms with Crippen LogP contribution in [0.15, 0.2) is 11.6 Å². The Morgan fingerprint density at radius 2 is 2.12 bits per heavy atom. The van der Waals surface area contributed by atoms with Crippen molar-refractivity contribution in [3.8, 4) is 0 Å². The summed E-state index contributed by atoms with van der Waals surface area (Å²) >= 11 is 1.31. The molecule has 1 saturated heterocycles. The van der Waals surface area contributed by atoms with Crippen LogP contribution in [-0.4, -0.2) is 74.8 Å². The molecule has 1 aliphatic heterocycles. The van der Waals surface area contributed by atoms with Crippen LogP contribution in [0, 0.1) is 0 Å². The van der Waals surface area contributed by atoms with Crippen molar-refractivity contribution < 1.29 is 14.3 Å². The number of aromatic nitrogens is 5. The Bertz CT molecular complexity index is 698. The van der Waals surface area contributed by atoms with E-state index in [1.54, 1.807) is 11.6 Å². The monoisotopic (exact) mass is 366 g/mol. The Hall–Kier alpha value is -2.44. The molecule has 25 heavy (non-hydrogen) atoms. The third-order valence-electron chi connectivity index (χ3n) is 3.49. The second-order valence-corrected chi connectivity index (χ2v) is 6.20. The zero-order valence-corrected chi connectivity index (χ0v) is 14.2. The lowest BCUT2D eigenvalue weighted by Gasteiger charge is -2.25. The third kappa shape index (κ3) is 5.27. The van der Waals surface area contributed by atoms with Gasteiger partial charge in [0.25, 0.3) is 0 Å². The fourth-order valence-electron chi connectivity index (χ4n) is 2.24. The van der Waals surface area contributed by atoms with Gasteiger partial charge >= 0.3 is 0 Å². The molecule has 1 fully saturated rings. The summed E-state index contributed by atoms with van der Waals surface area (Å²) < 4.78 is 6.73. The molecule has 0 bridgehead atoms. The van der Waals surface area contributed by atoms with Crippen molar-refractivity contribution in [1.29, 1.82) is 0 Å². The number of carbonyl (C=O) groups is 2. The first-order valence-corrected chi connectivity index (χ1v) is 8.60. The molecule has 134 valence electrons. The van der Waals surface area contributed by atoms with Gasteiger partial charge in [-0.2, -0.15) is 0 Å². The molecule has 12 heteroatoms. The van der Waals surface area contributed by atoms with E-state index in [9.17, 15) is 9.59 Å². The lowest BCUT2D eigenvalue weighted by molar-refractivity contribution is -0.124. The van der Waals surface area contributed by atoms with Gasteiger partial charge in [0.05, 0.1) is 26.3 Å². The molecule has 11 nitrogen and oxygen atoms in total. The van der Waals surface area contributed by atoms with E-state index in [1.807, 2.05) is 0 Å². The minimum atomic E-state index is -0.343. The molecule has 2 aromatic rings. The van der Waals surface area contributed by atoms with Gasteiger partial charge in [0.2, 0.25) is 11.8 Å². The first-order chi connectivity index (χ1) is 12.2. The molecular formula is C13H18N8O3S. The molecule has 3 rings (SSSR count). The molecule has 0 aliphatic carbocycles. The molecule has 0 unspecified atom stereocenters. The van der Waals surface area contributed by atoms with Crippen LogP contribution in [0.5, 0.6) is 0 Å². The van der Waals surface area contributed by atoms with Crippen molar-refractivity contribution >= 4 is 28.3 Å². The molecule has 3 heterocycles. The van der Waals surface area contributed by atoms with E-state index in [2.05, 4.69) is 36.0 Å². The molecule has 2 aromatic heterocycles. The standard InChI is InChI=1S/C13H18N8O3S/c22-11(16-13-14-1-6-25-13)7-15-12(23)9-21-10(17-18-19-21)8-20-2-4-24-5-3-20/h1,6H,2-5,7-9H2,(H,15,23)(H,14,16,22). The number of ether oxygens (including phenoxy) is 1.